The third-order valence-corrected chi connectivity index (χ3v) is 3.78. The van der Waals surface area contributed by atoms with Gasteiger partial charge in [0.05, 0.1) is 0 Å². The van der Waals surface area contributed by atoms with Gasteiger partial charge in [-0.1, -0.05) is 6.07 Å². The summed E-state index contributed by atoms with van der Waals surface area (Å²) in [6, 6.07) is 10.4. The van der Waals surface area contributed by atoms with Crippen molar-refractivity contribution in [1.29, 1.82) is 0 Å². The lowest BCUT2D eigenvalue weighted by Crippen LogP contribution is -2.25. The van der Waals surface area contributed by atoms with Gasteiger partial charge in [-0.15, -0.1) is 0 Å². The van der Waals surface area contributed by atoms with Crippen LogP contribution in [0.3, 0.4) is 0 Å². The van der Waals surface area contributed by atoms with Gasteiger partial charge >= 0.3 is 0 Å². The minimum absolute atomic E-state index is 0.0153. The average molecular weight is 311 g/mol. The van der Waals surface area contributed by atoms with E-state index in [1.54, 1.807) is 12.3 Å². The van der Waals surface area contributed by atoms with Gasteiger partial charge in [-0.2, -0.15) is 0 Å². The summed E-state index contributed by atoms with van der Waals surface area (Å²) in [6.45, 7) is 0.561. The molecule has 0 aliphatic heterocycles. The van der Waals surface area contributed by atoms with Crippen LogP contribution in [-0.2, 0) is 17.6 Å². The van der Waals surface area contributed by atoms with Crippen LogP contribution in [-0.4, -0.2) is 22.4 Å². The lowest BCUT2D eigenvalue weighted by molar-refractivity contribution is -0.121. The summed E-state index contributed by atoms with van der Waals surface area (Å²) in [5.74, 6) is -0.240. The first-order valence-electron chi connectivity index (χ1n) is 7.64. The molecular formula is C18H18FN3O. The largest absolute Gasteiger partial charge is 0.361 e. The van der Waals surface area contributed by atoms with E-state index in [4.69, 9.17) is 0 Å². The number of nitrogens with one attached hydrogen (secondary N) is 2. The summed E-state index contributed by atoms with van der Waals surface area (Å²) in [4.78, 5) is 19.1. The van der Waals surface area contributed by atoms with E-state index in [0.717, 1.165) is 22.2 Å². The zero-order chi connectivity index (χ0) is 16.1. The number of halogens is 1. The van der Waals surface area contributed by atoms with Crippen molar-refractivity contribution in [3.8, 4) is 0 Å². The number of carbonyl (C=O) groups is 1. The van der Waals surface area contributed by atoms with Crippen LogP contribution in [0.25, 0.3) is 10.9 Å². The molecule has 2 aromatic heterocycles. The van der Waals surface area contributed by atoms with Crippen molar-refractivity contribution >= 4 is 16.8 Å². The lowest BCUT2D eigenvalue weighted by atomic mass is 10.1. The zero-order valence-corrected chi connectivity index (χ0v) is 12.7. The van der Waals surface area contributed by atoms with Crippen LogP contribution < -0.4 is 5.32 Å². The van der Waals surface area contributed by atoms with Crippen LogP contribution in [0, 0.1) is 5.82 Å². The van der Waals surface area contributed by atoms with Gasteiger partial charge in [0, 0.05) is 42.0 Å². The van der Waals surface area contributed by atoms with Crippen LogP contribution in [0.15, 0.2) is 48.8 Å². The number of fused-ring (bicyclic) bond motifs is 1. The molecule has 4 nitrogen and oxygen atoms in total. The standard InChI is InChI=1S/C18H18FN3O/c19-14-4-6-16-13(12-22-17(16)11-14)8-10-21-18(23)7-5-15-3-1-2-9-20-15/h1-4,6,9,11-12,22H,5,7-8,10H2,(H,21,23). The van der Waals surface area contributed by atoms with Crippen LogP contribution in [0.4, 0.5) is 4.39 Å². The second kappa shape index (κ2) is 7.05. The normalized spacial score (nSPS) is 10.8. The van der Waals surface area contributed by atoms with E-state index in [1.807, 2.05) is 24.4 Å². The molecule has 0 unspecified atom stereocenters. The molecule has 0 bridgehead atoms. The van der Waals surface area contributed by atoms with E-state index in [-0.39, 0.29) is 11.7 Å². The summed E-state index contributed by atoms with van der Waals surface area (Å²) >= 11 is 0. The molecule has 0 spiro atoms. The van der Waals surface area contributed by atoms with Crippen molar-refractivity contribution in [1.82, 2.24) is 15.3 Å². The second-order valence-electron chi connectivity index (χ2n) is 5.42. The maximum atomic E-state index is 13.1. The molecule has 2 heterocycles. The topological polar surface area (TPSA) is 57.8 Å². The number of hydrogen-bond acceptors (Lipinski definition) is 2. The van der Waals surface area contributed by atoms with Crippen LogP contribution in [0.1, 0.15) is 17.7 Å². The molecule has 0 aliphatic carbocycles. The molecular weight excluding hydrogens is 293 g/mol. The number of benzene rings is 1. The van der Waals surface area contributed by atoms with Gasteiger partial charge in [0.2, 0.25) is 5.91 Å². The van der Waals surface area contributed by atoms with Gasteiger partial charge < -0.3 is 10.3 Å². The highest BCUT2D eigenvalue weighted by Crippen LogP contribution is 2.19. The SMILES string of the molecule is O=C(CCc1ccccn1)NCCc1c[nH]c2cc(F)ccc12. The number of nitrogens with zero attached hydrogens (tertiary/aromatic N) is 1. The first-order valence-corrected chi connectivity index (χ1v) is 7.64. The summed E-state index contributed by atoms with van der Waals surface area (Å²) in [5.41, 5.74) is 2.77. The number of rotatable bonds is 6. The van der Waals surface area contributed by atoms with Crippen molar-refractivity contribution < 1.29 is 9.18 Å². The predicted octanol–water partition coefficient (Wildman–Crippen LogP) is 2.99. The van der Waals surface area contributed by atoms with Crippen molar-refractivity contribution in [2.24, 2.45) is 0 Å². The van der Waals surface area contributed by atoms with E-state index in [0.29, 0.717) is 25.8 Å². The summed E-state index contributed by atoms with van der Waals surface area (Å²) in [6.07, 6.45) is 5.37. The summed E-state index contributed by atoms with van der Waals surface area (Å²) < 4.78 is 13.1. The van der Waals surface area contributed by atoms with Crippen molar-refractivity contribution in [3.05, 3.63) is 65.9 Å². The molecule has 0 saturated heterocycles. The van der Waals surface area contributed by atoms with Crippen molar-refractivity contribution in [2.45, 2.75) is 19.3 Å². The fraction of sp³-hybridized carbons (Fsp3) is 0.222. The molecule has 3 aromatic rings. The Bertz CT molecular complexity index is 798. The number of aromatic amines is 1. The Morgan fingerprint density at radius 3 is 2.96 bits per heavy atom. The first-order chi connectivity index (χ1) is 11.2. The highest BCUT2D eigenvalue weighted by Gasteiger charge is 2.06. The Morgan fingerprint density at radius 1 is 1.22 bits per heavy atom. The summed E-state index contributed by atoms with van der Waals surface area (Å²) in [7, 11) is 0. The first kappa shape index (κ1) is 15.2. The Hall–Kier alpha value is -2.69. The van der Waals surface area contributed by atoms with Gasteiger partial charge in [-0.05, 0) is 48.7 Å². The van der Waals surface area contributed by atoms with Crippen LogP contribution >= 0.6 is 0 Å². The molecule has 118 valence electrons. The molecule has 1 amide bonds. The number of aryl methyl sites for hydroxylation is 1. The molecule has 5 heteroatoms. The smallest absolute Gasteiger partial charge is 0.220 e. The average Bonchev–Trinajstić information content (AvgIpc) is 2.96. The van der Waals surface area contributed by atoms with E-state index in [2.05, 4.69) is 15.3 Å². The Labute approximate surface area is 133 Å². The highest BCUT2D eigenvalue weighted by molar-refractivity contribution is 5.83. The number of pyridine rings is 1. The fourth-order valence-corrected chi connectivity index (χ4v) is 2.58. The molecule has 2 N–H and O–H groups in total. The molecule has 23 heavy (non-hydrogen) atoms. The van der Waals surface area contributed by atoms with Gasteiger partial charge in [0.25, 0.3) is 0 Å². The molecule has 0 fully saturated rings. The second-order valence-corrected chi connectivity index (χ2v) is 5.42. The third-order valence-electron chi connectivity index (χ3n) is 3.78. The van der Waals surface area contributed by atoms with Gasteiger partial charge in [-0.25, -0.2) is 4.39 Å². The van der Waals surface area contributed by atoms with Crippen LogP contribution in [0.5, 0.6) is 0 Å². The van der Waals surface area contributed by atoms with E-state index < -0.39 is 0 Å². The monoisotopic (exact) mass is 311 g/mol. The van der Waals surface area contributed by atoms with Crippen molar-refractivity contribution in [3.63, 3.8) is 0 Å². The van der Waals surface area contributed by atoms with Gasteiger partial charge in [-0.3, -0.25) is 9.78 Å². The van der Waals surface area contributed by atoms with Gasteiger partial charge in [0.1, 0.15) is 5.82 Å². The summed E-state index contributed by atoms with van der Waals surface area (Å²) in [5, 5.41) is 3.91. The predicted molar refractivity (Wildman–Crippen MR) is 87.5 cm³/mol. The van der Waals surface area contributed by atoms with E-state index >= 15 is 0 Å². The fourth-order valence-electron chi connectivity index (χ4n) is 2.58. The molecule has 0 radical (unpaired) electrons. The Balaban J connectivity index is 1.47. The maximum Gasteiger partial charge on any atom is 0.220 e. The molecule has 0 atom stereocenters. The zero-order valence-electron chi connectivity index (χ0n) is 12.7. The lowest BCUT2D eigenvalue weighted by Gasteiger charge is -2.05. The molecule has 1 aromatic carbocycles. The number of amides is 1. The Morgan fingerprint density at radius 2 is 2.13 bits per heavy atom. The molecule has 3 rings (SSSR count). The third kappa shape index (κ3) is 3.94. The number of aromatic nitrogens is 2. The van der Waals surface area contributed by atoms with E-state index in [1.165, 1.54) is 12.1 Å². The molecule has 0 saturated carbocycles. The van der Waals surface area contributed by atoms with Crippen molar-refractivity contribution in [2.75, 3.05) is 6.54 Å². The number of H-pyrrole nitrogens is 1. The minimum Gasteiger partial charge on any atom is -0.361 e. The number of hydrogen-bond donors (Lipinski definition) is 2. The Kier molecular flexibility index (Phi) is 4.66. The highest BCUT2D eigenvalue weighted by atomic mass is 19.1. The number of carbonyl (C=O) groups excluding carboxylic acids is 1. The van der Waals surface area contributed by atoms with E-state index in [9.17, 15) is 9.18 Å². The maximum absolute atomic E-state index is 13.1. The quantitative estimate of drug-likeness (QED) is 0.735. The van der Waals surface area contributed by atoms with Crippen LogP contribution in [0.2, 0.25) is 0 Å². The molecule has 0 aliphatic rings. The minimum atomic E-state index is -0.256. The van der Waals surface area contributed by atoms with Gasteiger partial charge in [0.15, 0.2) is 0 Å².